The van der Waals surface area contributed by atoms with Gasteiger partial charge in [-0.2, -0.15) is 4.98 Å². The maximum Gasteiger partial charge on any atom is 0.224 e. The molecule has 1 aliphatic carbocycles. The van der Waals surface area contributed by atoms with Crippen molar-refractivity contribution < 1.29 is 5.11 Å². The summed E-state index contributed by atoms with van der Waals surface area (Å²) in [6.07, 6.45) is 6.68. The van der Waals surface area contributed by atoms with Crippen molar-refractivity contribution in [2.45, 2.75) is 37.7 Å². The van der Waals surface area contributed by atoms with Crippen LogP contribution in [0.1, 0.15) is 32.1 Å². The van der Waals surface area contributed by atoms with E-state index in [1.165, 1.54) is 6.42 Å². The van der Waals surface area contributed by atoms with Gasteiger partial charge in [0.15, 0.2) is 0 Å². The van der Waals surface area contributed by atoms with Crippen molar-refractivity contribution in [3.05, 3.63) is 16.0 Å². The molecule has 2 rings (SSSR count). The summed E-state index contributed by atoms with van der Waals surface area (Å²) in [5, 5.41) is 13.7. The highest BCUT2D eigenvalue weighted by Gasteiger charge is 2.29. The van der Waals surface area contributed by atoms with Crippen LogP contribution in [0, 0.1) is 0 Å². The second-order valence-electron chi connectivity index (χ2n) is 4.47. The third-order valence-corrected chi connectivity index (χ3v) is 3.85. The maximum atomic E-state index is 10.3. The van der Waals surface area contributed by atoms with E-state index in [2.05, 4.69) is 31.2 Å². The Kier molecular flexibility index (Phi) is 4.22. The van der Waals surface area contributed by atoms with Gasteiger partial charge in [-0.1, -0.05) is 19.3 Å². The zero-order chi connectivity index (χ0) is 12.3. The molecule has 1 heterocycles. The summed E-state index contributed by atoms with van der Waals surface area (Å²) < 4.78 is 0.751. The van der Waals surface area contributed by atoms with E-state index in [9.17, 15) is 5.11 Å². The van der Waals surface area contributed by atoms with E-state index in [0.717, 1.165) is 30.2 Å². The average Bonchev–Trinajstić information content (AvgIpc) is 2.31. The van der Waals surface area contributed by atoms with Crippen LogP contribution in [0.4, 0.5) is 5.82 Å². The molecule has 1 aliphatic rings. The first-order valence-electron chi connectivity index (χ1n) is 5.73. The van der Waals surface area contributed by atoms with E-state index >= 15 is 0 Å². The van der Waals surface area contributed by atoms with Crippen molar-refractivity contribution in [1.82, 2.24) is 9.97 Å². The summed E-state index contributed by atoms with van der Waals surface area (Å²) in [7, 11) is 0. The van der Waals surface area contributed by atoms with E-state index in [1.807, 2.05) is 0 Å². The summed E-state index contributed by atoms with van der Waals surface area (Å²) in [6, 6.07) is 0. The molecule has 0 aliphatic heterocycles. The number of anilines is 1. The predicted molar refractivity (Wildman–Crippen MR) is 71.3 cm³/mol. The van der Waals surface area contributed by atoms with E-state index in [0.29, 0.717) is 12.4 Å². The van der Waals surface area contributed by atoms with Gasteiger partial charge >= 0.3 is 0 Å². The highest BCUT2D eigenvalue weighted by atomic mass is 79.9. The molecular weight excluding hydrogens is 305 g/mol. The summed E-state index contributed by atoms with van der Waals surface area (Å²) in [5.41, 5.74) is -0.616. The number of aliphatic hydroxyl groups is 1. The number of nitrogens with zero attached hydrogens (tertiary/aromatic N) is 2. The van der Waals surface area contributed by atoms with E-state index in [1.54, 1.807) is 6.20 Å². The molecule has 0 spiro atoms. The van der Waals surface area contributed by atoms with Gasteiger partial charge in [-0.05, 0) is 40.4 Å². The zero-order valence-electron chi connectivity index (χ0n) is 9.42. The van der Waals surface area contributed by atoms with Crippen LogP contribution in [0.25, 0.3) is 0 Å². The SMILES string of the molecule is OC1(CNc2nc(Cl)ncc2Br)CCCCC1. The maximum absolute atomic E-state index is 10.3. The zero-order valence-corrected chi connectivity index (χ0v) is 11.8. The quantitative estimate of drug-likeness (QED) is 0.841. The lowest BCUT2D eigenvalue weighted by Gasteiger charge is -2.32. The first-order valence-corrected chi connectivity index (χ1v) is 6.90. The highest BCUT2D eigenvalue weighted by Crippen LogP contribution is 2.29. The van der Waals surface area contributed by atoms with E-state index in [4.69, 9.17) is 11.6 Å². The molecule has 0 bridgehead atoms. The van der Waals surface area contributed by atoms with Gasteiger partial charge in [-0.25, -0.2) is 4.98 Å². The molecule has 1 fully saturated rings. The fraction of sp³-hybridized carbons (Fsp3) is 0.636. The summed E-state index contributed by atoms with van der Waals surface area (Å²) in [6.45, 7) is 0.499. The molecule has 0 saturated heterocycles. The third kappa shape index (κ3) is 3.53. The van der Waals surface area contributed by atoms with Crippen molar-refractivity contribution in [3.63, 3.8) is 0 Å². The van der Waals surface area contributed by atoms with Crippen molar-refractivity contribution in [1.29, 1.82) is 0 Å². The molecule has 0 aromatic carbocycles. The summed E-state index contributed by atoms with van der Waals surface area (Å²) in [5.74, 6) is 0.629. The molecule has 1 saturated carbocycles. The van der Waals surface area contributed by atoms with Crippen molar-refractivity contribution >= 4 is 33.3 Å². The van der Waals surface area contributed by atoms with Crippen LogP contribution in [0.3, 0.4) is 0 Å². The Bertz CT molecular complexity index is 396. The van der Waals surface area contributed by atoms with Crippen molar-refractivity contribution in [2.75, 3.05) is 11.9 Å². The van der Waals surface area contributed by atoms with E-state index in [-0.39, 0.29) is 5.28 Å². The van der Waals surface area contributed by atoms with Crippen LogP contribution in [0.15, 0.2) is 10.7 Å². The number of nitrogens with one attached hydrogen (secondary N) is 1. The molecule has 17 heavy (non-hydrogen) atoms. The molecule has 0 atom stereocenters. The van der Waals surface area contributed by atoms with Crippen molar-refractivity contribution in [2.24, 2.45) is 0 Å². The Morgan fingerprint density at radius 2 is 2.12 bits per heavy atom. The summed E-state index contributed by atoms with van der Waals surface area (Å²) >= 11 is 9.07. The molecule has 94 valence electrons. The van der Waals surface area contributed by atoms with Gasteiger partial charge in [0.1, 0.15) is 5.82 Å². The minimum absolute atomic E-state index is 0.200. The van der Waals surface area contributed by atoms with Gasteiger partial charge in [0, 0.05) is 12.7 Å². The number of rotatable bonds is 3. The van der Waals surface area contributed by atoms with Gasteiger partial charge < -0.3 is 10.4 Å². The average molecular weight is 321 g/mol. The fourth-order valence-corrected chi connectivity index (χ4v) is 2.57. The summed E-state index contributed by atoms with van der Waals surface area (Å²) in [4.78, 5) is 7.93. The highest BCUT2D eigenvalue weighted by molar-refractivity contribution is 9.10. The predicted octanol–water partition coefficient (Wildman–Crippen LogP) is 3.00. The smallest absolute Gasteiger partial charge is 0.224 e. The Labute approximate surface area is 114 Å². The number of halogens is 2. The molecule has 2 N–H and O–H groups in total. The lowest BCUT2D eigenvalue weighted by atomic mass is 9.85. The molecular formula is C11H15BrClN3O. The number of aromatic nitrogens is 2. The monoisotopic (exact) mass is 319 g/mol. The van der Waals surface area contributed by atoms with Gasteiger partial charge in [-0.15, -0.1) is 0 Å². The standard InChI is InChI=1S/C11H15BrClN3O/c12-8-6-14-10(13)16-9(8)15-7-11(17)4-2-1-3-5-11/h6,17H,1-5,7H2,(H,14,15,16). The van der Waals surface area contributed by atoms with Gasteiger partial charge in [-0.3, -0.25) is 0 Å². The Morgan fingerprint density at radius 1 is 1.41 bits per heavy atom. The Morgan fingerprint density at radius 3 is 2.82 bits per heavy atom. The first kappa shape index (κ1) is 13.1. The second kappa shape index (κ2) is 5.50. The molecule has 0 amide bonds. The van der Waals surface area contributed by atoms with Crippen LogP contribution in [0.2, 0.25) is 5.28 Å². The lowest BCUT2D eigenvalue weighted by molar-refractivity contribution is 0.0166. The van der Waals surface area contributed by atoms with Gasteiger partial charge in [0.25, 0.3) is 0 Å². The Balaban J connectivity index is 1.99. The van der Waals surface area contributed by atoms with Crippen LogP contribution >= 0.6 is 27.5 Å². The van der Waals surface area contributed by atoms with Gasteiger partial charge in [0.2, 0.25) is 5.28 Å². The Hall–Kier alpha value is -0.390. The fourth-order valence-electron chi connectivity index (χ4n) is 2.10. The third-order valence-electron chi connectivity index (χ3n) is 3.08. The minimum Gasteiger partial charge on any atom is -0.388 e. The second-order valence-corrected chi connectivity index (χ2v) is 5.67. The number of hydrogen-bond donors (Lipinski definition) is 2. The normalized spacial score (nSPS) is 19.0. The molecule has 0 radical (unpaired) electrons. The molecule has 1 aromatic heterocycles. The van der Waals surface area contributed by atoms with Gasteiger partial charge in [0.05, 0.1) is 10.1 Å². The topological polar surface area (TPSA) is 58.0 Å². The minimum atomic E-state index is -0.616. The van der Waals surface area contributed by atoms with Crippen LogP contribution in [0.5, 0.6) is 0 Å². The molecule has 0 unspecified atom stereocenters. The lowest BCUT2D eigenvalue weighted by Crippen LogP contribution is -2.39. The first-order chi connectivity index (χ1) is 8.09. The number of hydrogen-bond acceptors (Lipinski definition) is 4. The van der Waals surface area contributed by atoms with Crippen LogP contribution in [-0.2, 0) is 0 Å². The largest absolute Gasteiger partial charge is 0.388 e. The molecule has 4 nitrogen and oxygen atoms in total. The van der Waals surface area contributed by atoms with Crippen molar-refractivity contribution in [3.8, 4) is 0 Å². The molecule has 6 heteroatoms. The van der Waals surface area contributed by atoms with Crippen LogP contribution < -0.4 is 5.32 Å². The van der Waals surface area contributed by atoms with Crippen LogP contribution in [-0.4, -0.2) is 27.2 Å². The molecule has 1 aromatic rings. The van der Waals surface area contributed by atoms with E-state index < -0.39 is 5.60 Å².